The first-order valence-corrected chi connectivity index (χ1v) is 5.71. The van der Waals surface area contributed by atoms with E-state index >= 15 is 0 Å². The Labute approximate surface area is 106 Å². The van der Waals surface area contributed by atoms with Crippen LogP contribution in [-0.2, 0) is 4.79 Å². The highest BCUT2D eigenvalue weighted by molar-refractivity contribution is 6.00. The van der Waals surface area contributed by atoms with Crippen molar-refractivity contribution in [1.29, 1.82) is 0 Å². The number of aryl methyl sites for hydroxylation is 2. The van der Waals surface area contributed by atoms with E-state index in [1.165, 1.54) is 11.6 Å². The Balaban J connectivity index is 2.04. The second kappa shape index (κ2) is 5.31. The maximum Gasteiger partial charge on any atom is 0.250 e. The molecule has 1 amide bonds. The Kier molecular flexibility index (Phi) is 3.57. The van der Waals surface area contributed by atoms with Crippen LogP contribution in [0.4, 0.5) is 5.95 Å². The molecule has 0 atom stereocenters. The number of carbonyl (C=O) groups is 1. The van der Waals surface area contributed by atoms with Crippen molar-refractivity contribution in [2.75, 3.05) is 5.32 Å². The molecular formula is C14H15N3O. The van der Waals surface area contributed by atoms with E-state index in [4.69, 9.17) is 0 Å². The minimum atomic E-state index is -0.204. The van der Waals surface area contributed by atoms with Gasteiger partial charge in [0.25, 0.3) is 5.91 Å². The van der Waals surface area contributed by atoms with Crippen molar-refractivity contribution in [3.63, 3.8) is 0 Å². The van der Waals surface area contributed by atoms with Gasteiger partial charge in [-0.1, -0.05) is 23.8 Å². The summed E-state index contributed by atoms with van der Waals surface area (Å²) >= 11 is 0. The molecule has 92 valence electrons. The van der Waals surface area contributed by atoms with Crippen LogP contribution in [0, 0.1) is 13.8 Å². The number of amides is 1. The quantitative estimate of drug-likeness (QED) is 0.812. The van der Waals surface area contributed by atoms with Crippen LogP contribution in [0.1, 0.15) is 16.7 Å². The molecule has 0 aliphatic rings. The van der Waals surface area contributed by atoms with Gasteiger partial charge in [-0.15, -0.1) is 0 Å². The summed E-state index contributed by atoms with van der Waals surface area (Å²) in [4.78, 5) is 18.3. The molecule has 0 saturated heterocycles. The molecule has 0 aliphatic heterocycles. The summed E-state index contributed by atoms with van der Waals surface area (Å²) < 4.78 is 0. The number of aromatic amines is 1. The molecule has 0 radical (unpaired) electrons. The third kappa shape index (κ3) is 3.07. The zero-order valence-corrected chi connectivity index (χ0v) is 10.4. The normalized spacial score (nSPS) is 10.8. The van der Waals surface area contributed by atoms with Crippen LogP contribution in [0.2, 0.25) is 0 Å². The second-order valence-corrected chi connectivity index (χ2v) is 4.12. The van der Waals surface area contributed by atoms with Gasteiger partial charge < -0.3 is 4.98 Å². The number of aromatic nitrogens is 2. The molecule has 0 fully saturated rings. The number of anilines is 1. The molecule has 18 heavy (non-hydrogen) atoms. The van der Waals surface area contributed by atoms with E-state index < -0.39 is 0 Å². The fraction of sp³-hybridized carbons (Fsp3) is 0.143. The van der Waals surface area contributed by atoms with E-state index in [-0.39, 0.29) is 5.91 Å². The molecule has 4 heteroatoms. The summed E-state index contributed by atoms with van der Waals surface area (Å²) in [5.41, 5.74) is 3.40. The summed E-state index contributed by atoms with van der Waals surface area (Å²) in [6, 6.07) is 6.11. The van der Waals surface area contributed by atoms with Gasteiger partial charge in [-0.25, -0.2) is 4.98 Å². The Morgan fingerprint density at radius 2 is 2.22 bits per heavy atom. The monoisotopic (exact) mass is 241 g/mol. The lowest BCUT2D eigenvalue weighted by atomic mass is 10.1. The van der Waals surface area contributed by atoms with E-state index in [0.29, 0.717) is 5.95 Å². The van der Waals surface area contributed by atoms with Crippen molar-refractivity contribution in [2.45, 2.75) is 13.8 Å². The van der Waals surface area contributed by atoms with Crippen LogP contribution in [0.3, 0.4) is 0 Å². The van der Waals surface area contributed by atoms with Gasteiger partial charge in [0, 0.05) is 18.5 Å². The topological polar surface area (TPSA) is 57.8 Å². The minimum Gasteiger partial charge on any atom is -0.331 e. The van der Waals surface area contributed by atoms with E-state index in [1.54, 1.807) is 18.5 Å². The first-order chi connectivity index (χ1) is 8.65. The molecule has 2 aromatic rings. The van der Waals surface area contributed by atoms with Crippen molar-refractivity contribution in [1.82, 2.24) is 9.97 Å². The zero-order valence-electron chi connectivity index (χ0n) is 10.4. The van der Waals surface area contributed by atoms with E-state index in [2.05, 4.69) is 21.4 Å². The van der Waals surface area contributed by atoms with Gasteiger partial charge in [-0.3, -0.25) is 10.1 Å². The third-order valence-electron chi connectivity index (χ3n) is 2.58. The van der Waals surface area contributed by atoms with Crippen molar-refractivity contribution in [3.05, 3.63) is 53.4 Å². The maximum absolute atomic E-state index is 11.6. The average molecular weight is 241 g/mol. The van der Waals surface area contributed by atoms with Crippen LogP contribution < -0.4 is 5.32 Å². The van der Waals surface area contributed by atoms with Crippen molar-refractivity contribution in [3.8, 4) is 0 Å². The third-order valence-corrected chi connectivity index (χ3v) is 2.58. The summed E-state index contributed by atoms with van der Waals surface area (Å²) in [6.45, 7) is 4.07. The van der Waals surface area contributed by atoms with Crippen LogP contribution >= 0.6 is 0 Å². The van der Waals surface area contributed by atoms with Crippen molar-refractivity contribution in [2.24, 2.45) is 0 Å². The SMILES string of the molecule is Cc1ccc(C=CC(=O)Nc2ncc[nH]2)c(C)c1. The highest BCUT2D eigenvalue weighted by Crippen LogP contribution is 2.12. The van der Waals surface area contributed by atoms with Crippen LogP contribution in [0.15, 0.2) is 36.7 Å². The number of hydrogen-bond acceptors (Lipinski definition) is 2. The van der Waals surface area contributed by atoms with Gasteiger partial charge in [0.05, 0.1) is 0 Å². The molecular weight excluding hydrogens is 226 g/mol. The lowest BCUT2D eigenvalue weighted by Gasteiger charge is -2.01. The Morgan fingerprint density at radius 3 is 2.89 bits per heavy atom. The van der Waals surface area contributed by atoms with Crippen molar-refractivity contribution < 1.29 is 4.79 Å². The number of rotatable bonds is 3. The molecule has 1 heterocycles. The highest BCUT2D eigenvalue weighted by Gasteiger charge is 1.99. The summed E-state index contributed by atoms with van der Waals surface area (Å²) in [7, 11) is 0. The maximum atomic E-state index is 11.6. The fourth-order valence-electron chi connectivity index (χ4n) is 1.67. The van der Waals surface area contributed by atoms with Crippen LogP contribution in [-0.4, -0.2) is 15.9 Å². The molecule has 2 rings (SSSR count). The molecule has 0 aliphatic carbocycles. The standard InChI is InChI=1S/C14H15N3O/c1-10-3-4-12(11(2)9-10)5-6-13(18)17-14-15-7-8-16-14/h3-9H,1-2H3,(H2,15,16,17,18). The number of imidazole rings is 1. The number of hydrogen-bond donors (Lipinski definition) is 2. The number of carbonyl (C=O) groups excluding carboxylic acids is 1. The smallest absolute Gasteiger partial charge is 0.250 e. The lowest BCUT2D eigenvalue weighted by Crippen LogP contribution is -2.08. The molecule has 2 N–H and O–H groups in total. The van der Waals surface area contributed by atoms with Crippen molar-refractivity contribution >= 4 is 17.9 Å². The van der Waals surface area contributed by atoms with Gasteiger partial charge in [0.1, 0.15) is 0 Å². The zero-order chi connectivity index (χ0) is 13.0. The largest absolute Gasteiger partial charge is 0.331 e. The molecule has 0 spiro atoms. The summed E-state index contributed by atoms with van der Waals surface area (Å²) in [5.74, 6) is 0.246. The van der Waals surface area contributed by atoms with E-state index in [9.17, 15) is 4.79 Å². The average Bonchev–Trinajstić information content (AvgIpc) is 2.80. The molecule has 0 bridgehead atoms. The van der Waals surface area contributed by atoms with Gasteiger partial charge in [-0.2, -0.15) is 0 Å². The highest BCUT2D eigenvalue weighted by atomic mass is 16.1. The number of benzene rings is 1. The second-order valence-electron chi connectivity index (χ2n) is 4.12. The summed E-state index contributed by atoms with van der Waals surface area (Å²) in [6.07, 6.45) is 6.54. The predicted molar refractivity (Wildman–Crippen MR) is 72.2 cm³/mol. The molecule has 4 nitrogen and oxygen atoms in total. The van der Waals surface area contributed by atoms with Gasteiger partial charge >= 0.3 is 0 Å². The van der Waals surface area contributed by atoms with Crippen LogP contribution in [0.25, 0.3) is 6.08 Å². The Morgan fingerprint density at radius 1 is 1.39 bits per heavy atom. The Hall–Kier alpha value is -2.36. The molecule has 1 aromatic heterocycles. The van der Waals surface area contributed by atoms with Crippen LogP contribution in [0.5, 0.6) is 0 Å². The predicted octanol–water partition coefficient (Wildman–Crippen LogP) is 2.68. The Bertz CT molecular complexity index is 571. The molecule has 0 unspecified atom stereocenters. The number of H-pyrrole nitrogens is 1. The first kappa shape index (κ1) is 12.1. The van der Waals surface area contributed by atoms with E-state index in [1.807, 2.05) is 26.0 Å². The van der Waals surface area contributed by atoms with Gasteiger partial charge in [0.2, 0.25) is 5.95 Å². The number of nitrogens with one attached hydrogen (secondary N) is 2. The summed E-state index contributed by atoms with van der Waals surface area (Å²) in [5, 5.41) is 2.63. The van der Waals surface area contributed by atoms with Gasteiger partial charge in [-0.05, 0) is 31.1 Å². The number of nitrogens with zero attached hydrogens (tertiary/aromatic N) is 1. The first-order valence-electron chi connectivity index (χ1n) is 5.71. The molecule has 1 aromatic carbocycles. The van der Waals surface area contributed by atoms with E-state index in [0.717, 1.165) is 11.1 Å². The fourth-order valence-corrected chi connectivity index (χ4v) is 1.67. The van der Waals surface area contributed by atoms with Gasteiger partial charge in [0.15, 0.2) is 0 Å². The molecule has 0 saturated carbocycles. The lowest BCUT2D eigenvalue weighted by molar-refractivity contribution is -0.111. The minimum absolute atomic E-state index is 0.204.